The van der Waals surface area contributed by atoms with Crippen molar-refractivity contribution in [1.29, 1.82) is 0 Å². The van der Waals surface area contributed by atoms with Gasteiger partial charge in [-0.3, -0.25) is 4.79 Å². The van der Waals surface area contributed by atoms with E-state index in [0.29, 0.717) is 23.7 Å². The zero-order valence-electron chi connectivity index (χ0n) is 10.4. The van der Waals surface area contributed by atoms with E-state index in [1.54, 1.807) is 36.2 Å². The summed E-state index contributed by atoms with van der Waals surface area (Å²) in [6, 6.07) is 7.15. The number of carbonyl (C=O) groups is 1. The first kappa shape index (κ1) is 13.3. The molecule has 0 aliphatic carbocycles. The van der Waals surface area contributed by atoms with E-state index in [9.17, 15) is 4.79 Å². The molecule has 1 saturated heterocycles. The molecule has 0 saturated carbocycles. The molecule has 1 fully saturated rings. The highest BCUT2D eigenvalue weighted by molar-refractivity contribution is 6.30. The molecule has 1 atom stereocenters. The molecule has 4 nitrogen and oxygen atoms in total. The number of halogens is 1. The number of rotatable bonds is 3. The number of morpholine rings is 1. The van der Waals surface area contributed by atoms with Crippen LogP contribution in [-0.4, -0.2) is 50.2 Å². The quantitative estimate of drug-likeness (QED) is 0.901. The molecule has 1 aromatic carbocycles. The van der Waals surface area contributed by atoms with E-state index in [2.05, 4.69) is 5.32 Å². The molecule has 2 rings (SSSR count). The summed E-state index contributed by atoms with van der Waals surface area (Å²) in [6.07, 6.45) is 0. The summed E-state index contributed by atoms with van der Waals surface area (Å²) >= 11 is 5.80. The van der Waals surface area contributed by atoms with E-state index in [0.717, 1.165) is 13.2 Å². The Morgan fingerprint density at radius 1 is 1.50 bits per heavy atom. The molecule has 1 aromatic rings. The lowest BCUT2D eigenvalue weighted by Gasteiger charge is -2.28. The molecule has 0 bridgehead atoms. The van der Waals surface area contributed by atoms with Crippen LogP contribution in [0.4, 0.5) is 0 Å². The van der Waals surface area contributed by atoms with Gasteiger partial charge in [-0.1, -0.05) is 11.6 Å². The summed E-state index contributed by atoms with van der Waals surface area (Å²) in [6.45, 7) is 2.87. The lowest BCUT2D eigenvalue weighted by Crippen LogP contribution is -2.48. The molecule has 0 radical (unpaired) electrons. The monoisotopic (exact) mass is 268 g/mol. The summed E-state index contributed by atoms with van der Waals surface area (Å²) in [5.74, 6) is -0.000889. The molecule has 1 aliphatic rings. The van der Waals surface area contributed by atoms with Crippen LogP contribution in [0.1, 0.15) is 10.4 Å². The van der Waals surface area contributed by atoms with Crippen LogP contribution in [0.3, 0.4) is 0 Å². The van der Waals surface area contributed by atoms with E-state index < -0.39 is 0 Å². The molecule has 18 heavy (non-hydrogen) atoms. The average molecular weight is 269 g/mol. The van der Waals surface area contributed by atoms with Crippen LogP contribution in [-0.2, 0) is 4.74 Å². The Labute approximate surface area is 112 Å². The number of hydrogen-bond acceptors (Lipinski definition) is 3. The first-order valence-electron chi connectivity index (χ1n) is 5.99. The molecule has 98 valence electrons. The third-order valence-corrected chi connectivity index (χ3v) is 3.18. The van der Waals surface area contributed by atoms with Gasteiger partial charge >= 0.3 is 0 Å². The Morgan fingerprint density at radius 2 is 2.22 bits per heavy atom. The Morgan fingerprint density at radius 3 is 2.83 bits per heavy atom. The van der Waals surface area contributed by atoms with Crippen LogP contribution in [0.2, 0.25) is 5.02 Å². The van der Waals surface area contributed by atoms with Crippen molar-refractivity contribution in [2.45, 2.75) is 6.04 Å². The molecule has 5 heteroatoms. The standard InChI is InChI=1S/C13H17ClN2O2/c1-16(8-12-9-18-7-6-15-12)13(17)10-2-4-11(14)5-3-10/h2-5,12,15H,6-9H2,1H3. The fraction of sp³-hybridized carbons (Fsp3) is 0.462. The number of hydrogen-bond donors (Lipinski definition) is 1. The topological polar surface area (TPSA) is 41.6 Å². The summed E-state index contributed by atoms with van der Waals surface area (Å²) in [7, 11) is 1.80. The molecule has 1 heterocycles. The molecule has 0 spiro atoms. The summed E-state index contributed by atoms with van der Waals surface area (Å²) in [5, 5.41) is 3.96. The van der Waals surface area contributed by atoms with Crippen molar-refractivity contribution in [3.8, 4) is 0 Å². The second kappa shape index (κ2) is 6.18. The van der Waals surface area contributed by atoms with Crippen molar-refractivity contribution in [1.82, 2.24) is 10.2 Å². The number of likely N-dealkylation sites (N-methyl/N-ethyl adjacent to an activating group) is 1. The second-order valence-electron chi connectivity index (χ2n) is 4.42. The van der Waals surface area contributed by atoms with E-state index in [4.69, 9.17) is 16.3 Å². The van der Waals surface area contributed by atoms with Crippen LogP contribution < -0.4 is 5.32 Å². The maximum Gasteiger partial charge on any atom is 0.253 e. The third kappa shape index (κ3) is 3.45. The Kier molecular flexibility index (Phi) is 4.58. The summed E-state index contributed by atoms with van der Waals surface area (Å²) in [5.41, 5.74) is 0.652. The summed E-state index contributed by atoms with van der Waals surface area (Å²) in [4.78, 5) is 13.8. The van der Waals surface area contributed by atoms with E-state index in [-0.39, 0.29) is 11.9 Å². The Bertz CT molecular complexity index is 402. The van der Waals surface area contributed by atoms with Gasteiger partial charge < -0.3 is 15.0 Å². The fourth-order valence-corrected chi connectivity index (χ4v) is 2.09. The van der Waals surface area contributed by atoms with Crippen LogP contribution in [0.5, 0.6) is 0 Å². The predicted octanol–water partition coefficient (Wildman–Crippen LogP) is 1.40. The fourth-order valence-electron chi connectivity index (χ4n) is 1.96. The molecular weight excluding hydrogens is 252 g/mol. The number of carbonyl (C=O) groups excluding carboxylic acids is 1. The number of nitrogens with one attached hydrogen (secondary N) is 1. The molecule has 1 unspecified atom stereocenters. The van der Waals surface area contributed by atoms with Crippen LogP contribution in [0, 0.1) is 0 Å². The number of benzene rings is 1. The Hall–Kier alpha value is -1.10. The number of nitrogens with zero attached hydrogens (tertiary/aromatic N) is 1. The van der Waals surface area contributed by atoms with E-state index >= 15 is 0 Å². The van der Waals surface area contributed by atoms with Gasteiger partial charge in [0.1, 0.15) is 0 Å². The van der Waals surface area contributed by atoms with Gasteiger partial charge in [0, 0.05) is 36.8 Å². The normalized spacial score (nSPS) is 19.6. The van der Waals surface area contributed by atoms with Gasteiger partial charge in [-0.25, -0.2) is 0 Å². The predicted molar refractivity (Wildman–Crippen MR) is 71.0 cm³/mol. The lowest BCUT2D eigenvalue weighted by atomic mass is 10.2. The smallest absolute Gasteiger partial charge is 0.253 e. The van der Waals surface area contributed by atoms with Crippen molar-refractivity contribution in [3.05, 3.63) is 34.9 Å². The SMILES string of the molecule is CN(CC1COCCN1)C(=O)c1ccc(Cl)cc1. The third-order valence-electron chi connectivity index (χ3n) is 2.93. The number of ether oxygens (including phenoxy) is 1. The van der Waals surface area contributed by atoms with Gasteiger partial charge in [0.25, 0.3) is 5.91 Å². The van der Waals surface area contributed by atoms with Gasteiger partial charge in [0.15, 0.2) is 0 Å². The highest BCUT2D eigenvalue weighted by atomic mass is 35.5. The van der Waals surface area contributed by atoms with Crippen molar-refractivity contribution >= 4 is 17.5 Å². The molecule has 1 amide bonds. The van der Waals surface area contributed by atoms with Crippen molar-refractivity contribution < 1.29 is 9.53 Å². The van der Waals surface area contributed by atoms with E-state index in [1.165, 1.54) is 0 Å². The highest BCUT2D eigenvalue weighted by Crippen LogP contribution is 2.11. The van der Waals surface area contributed by atoms with Crippen LogP contribution >= 0.6 is 11.6 Å². The van der Waals surface area contributed by atoms with Crippen LogP contribution in [0.25, 0.3) is 0 Å². The largest absolute Gasteiger partial charge is 0.378 e. The maximum absolute atomic E-state index is 12.1. The first-order chi connectivity index (χ1) is 8.66. The average Bonchev–Trinajstić information content (AvgIpc) is 2.40. The van der Waals surface area contributed by atoms with Crippen LogP contribution in [0.15, 0.2) is 24.3 Å². The zero-order valence-corrected chi connectivity index (χ0v) is 11.1. The van der Waals surface area contributed by atoms with Gasteiger partial charge in [-0.15, -0.1) is 0 Å². The van der Waals surface area contributed by atoms with Gasteiger partial charge in [-0.2, -0.15) is 0 Å². The van der Waals surface area contributed by atoms with Gasteiger partial charge in [0.05, 0.1) is 13.2 Å². The lowest BCUT2D eigenvalue weighted by molar-refractivity contribution is 0.0565. The molecule has 1 N–H and O–H groups in total. The van der Waals surface area contributed by atoms with Gasteiger partial charge in [-0.05, 0) is 24.3 Å². The van der Waals surface area contributed by atoms with Gasteiger partial charge in [0.2, 0.25) is 0 Å². The highest BCUT2D eigenvalue weighted by Gasteiger charge is 2.18. The van der Waals surface area contributed by atoms with Crippen molar-refractivity contribution in [2.75, 3.05) is 33.4 Å². The maximum atomic E-state index is 12.1. The second-order valence-corrected chi connectivity index (χ2v) is 4.85. The number of amides is 1. The molecular formula is C13H17ClN2O2. The molecule has 1 aliphatic heterocycles. The molecule has 0 aromatic heterocycles. The minimum absolute atomic E-state index is 0.000889. The summed E-state index contributed by atoms with van der Waals surface area (Å²) < 4.78 is 5.37. The van der Waals surface area contributed by atoms with Crippen molar-refractivity contribution in [2.24, 2.45) is 0 Å². The van der Waals surface area contributed by atoms with E-state index in [1.807, 2.05) is 0 Å². The Balaban J connectivity index is 1.93. The van der Waals surface area contributed by atoms with Crippen molar-refractivity contribution in [3.63, 3.8) is 0 Å². The minimum Gasteiger partial charge on any atom is -0.378 e. The minimum atomic E-state index is -0.000889. The first-order valence-corrected chi connectivity index (χ1v) is 6.37. The zero-order chi connectivity index (χ0) is 13.0.